The van der Waals surface area contributed by atoms with Crippen molar-refractivity contribution in [2.24, 2.45) is 0 Å². The number of rotatable bonds is 7. The lowest BCUT2D eigenvalue weighted by Crippen LogP contribution is -2.15. The van der Waals surface area contributed by atoms with Gasteiger partial charge in [0.2, 0.25) is 0 Å². The zero-order valence-corrected chi connectivity index (χ0v) is 12.1. The first-order chi connectivity index (χ1) is 9.58. The zero-order chi connectivity index (χ0) is 15.1. The van der Waals surface area contributed by atoms with Crippen molar-refractivity contribution in [1.82, 2.24) is 4.57 Å². The molecule has 0 aromatic carbocycles. The fourth-order valence-corrected chi connectivity index (χ4v) is 2.12. The Morgan fingerprint density at radius 2 is 2.00 bits per heavy atom. The fourth-order valence-electron chi connectivity index (χ4n) is 2.12. The summed E-state index contributed by atoms with van der Waals surface area (Å²) >= 11 is 0. The van der Waals surface area contributed by atoms with Gasteiger partial charge in [0.1, 0.15) is 0 Å². The maximum Gasteiger partial charge on any atom is 0.339 e. The molecule has 1 N–H and O–H groups in total. The topological polar surface area (TPSA) is 77.8 Å². The summed E-state index contributed by atoms with van der Waals surface area (Å²) in [5, 5.41) is 8.94. The molecule has 0 spiro atoms. The number of carbonyl (C=O) groups is 2. The minimum absolute atomic E-state index is 0.00631. The average molecular weight is 283 g/mol. The van der Waals surface area contributed by atoms with Gasteiger partial charge in [0, 0.05) is 25.0 Å². The van der Waals surface area contributed by atoms with Gasteiger partial charge in [-0.25, -0.2) is 4.79 Å². The van der Waals surface area contributed by atoms with E-state index in [1.165, 1.54) is 14.2 Å². The molecule has 1 aromatic heterocycles. The normalized spacial score (nSPS) is 10.4. The summed E-state index contributed by atoms with van der Waals surface area (Å²) in [6, 6.07) is 0. The molecule has 0 bridgehead atoms. The molecule has 0 fully saturated rings. The number of esters is 2. The first-order valence-electron chi connectivity index (χ1n) is 6.55. The Labute approximate surface area is 118 Å². The second-order valence-corrected chi connectivity index (χ2v) is 4.34. The van der Waals surface area contributed by atoms with Gasteiger partial charge in [0.15, 0.2) is 0 Å². The summed E-state index contributed by atoms with van der Waals surface area (Å²) in [5.74, 6) is -0.871. The highest BCUT2D eigenvalue weighted by molar-refractivity contribution is 5.94. The third-order valence-corrected chi connectivity index (χ3v) is 3.14. The molecule has 1 heterocycles. The molecule has 0 saturated carbocycles. The van der Waals surface area contributed by atoms with E-state index in [4.69, 9.17) is 9.84 Å². The van der Waals surface area contributed by atoms with Crippen LogP contribution in [-0.2, 0) is 33.7 Å². The molecular formula is C14H21NO5. The third kappa shape index (κ3) is 3.60. The Balaban J connectivity index is 3.25. The highest BCUT2D eigenvalue weighted by atomic mass is 16.5. The van der Waals surface area contributed by atoms with E-state index in [1.807, 2.05) is 17.7 Å². The van der Waals surface area contributed by atoms with Crippen LogP contribution in [0.4, 0.5) is 0 Å². The van der Waals surface area contributed by atoms with Crippen LogP contribution >= 0.6 is 0 Å². The van der Waals surface area contributed by atoms with Crippen molar-refractivity contribution in [2.45, 2.75) is 32.7 Å². The molecule has 0 saturated heterocycles. The van der Waals surface area contributed by atoms with E-state index < -0.39 is 11.9 Å². The quantitative estimate of drug-likeness (QED) is 0.753. The molecule has 0 aliphatic rings. The van der Waals surface area contributed by atoms with Crippen molar-refractivity contribution in [1.29, 1.82) is 0 Å². The van der Waals surface area contributed by atoms with Crippen molar-refractivity contribution in [3.8, 4) is 0 Å². The van der Waals surface area contributed by atoms with Gasteiger partial charge in [-0.3, -0.25) is 4.79 Å². The number of aliphatic hydroxyl groups excluding tert-OH is 1. The molecule has 0 aliphatic heterocycles. The Kier molecular flexibility index (Phi) is 6.24. The maximum absolute atomic E-state index is 11.9. The number of hydrogen-bond donors (Lipinski definition) is 1. The standard InChI is InChI=1S/C14H21NO5/c1-4-10-9-15(6-5-7-16)11(8-12(17)19-2)13(10)14(18)20-3/h9,16H,4-8H2,1-3H3. The molecule has 6 heteroatoms. The fraction of sp³-hybridized carbons (Fsp3) is 0.571. The molecule has 0 amide bonds. The van der Waals surface area contributed by atoms with Crippen LogP contribution in [0.3, 0.4) is 0 Å². The van der Waals surface area contributed by atoms with E-state index in [9.17, 15) is 9.59 Å². The van der Waals surface area contributed by atoms with Crippen molar-refractivity contribution in [3.05, 3.63) is 23.0 Å². The van der Waals surface area contributed by atoms with Gasteiger partial charge < -0.3 is 19.1 Å². The zero-order valence-electron chi connectivity index (χ0n) is 12.1. The van der Waals surface area contributed by atoms with E-state index in [0.717, 1.165) is 5.56 Å². The van der Waals surface area contributed by atoms with Crippen molar-refractivity contribution < 1.29 is 24.2 Å². The van der Waals surface area contributed by atoms with Crippen LogP contribution < -0.4 is 0 Å². The number of hydrogen-bond acceptors (Lipinski definition) is 5. The minimum Gasteiger partial charge on any atom is -0.469 e. The van der Waals surface area contributed by atoms with E-state index in [0.29, 0.717) is 30.6 Å². The minimum atomic E-state index is -0.455. The van der Waals surface area contributed by atoms with E-state index in [2.05, 4.69) is 4.74 Å². The van der Waals surface area contributed by atoms with Gasteiger partial charge in [-0.15, -0.1) is 0 Å². The van der Waals surface area contributed by atoms with Crippen molar-refractivity contribution in [3.63, 3.8) is 0 Å². The number of aliphatic hydroxyl groups is 1. The highest BCUT2D eigenvalue weighted by Gasteiger charge is 2.23. The third-order valence-electron chi connectivity index (χ3n) is 3.14. The Morgan fingerprint density at radius 3 is 2.50 bits per heavy atom. The van der Waals surface area contributed by atoms with E-state index >= 15 is 0 Å². The summed E-state index contributed by atoms with van der Waals surface area (Å²) in [5.41, 5.74) is 1.83. The number of carbonyl (C=O) groups excluding carboxylic acids is 2. The van der Waals surface area contributed by atoms with Crippen LogP contribution in [0.2, 0.25) is 0 Å². The average Bonchev–Trinajstić information content (AvgIpc) is 2.81. The summed E-state index contributed by atoms with van der Waals surface area (Å²) in [4.78, 5) is 23.5. The van der Waals surface area contributed by atoms with Gasteiger partial charge >= 0.3 is 11.9 Å². The van der Waals surface area contributed by atoms with Crippen LogP contribution in [0, 0.1) is 0 Å². The van der Waals surface area contributed by atoms with Crippen LogP contribution in [0.5, 0.6) is 0 Å². The SMILES string of the molecule is CCc1cn(CCCO)c(CC(=O)OC)c1C(=O)OC. The monoisotopic (exact) mass is 283 g/mol. The van der Waals surface area contributed by atoms with Crippen molar-refractivity contribution in [2.75, 3.05) is 20.8 Å². The van der Waals surface area contributed by atoms with E-state index in [-0.39, 0.29) is 13.0 Å². The molecule has 0 atom stereocenters. The first-order valence-corrected chi connectivity index (χ1v) is 6.55. The smallest absolute Gasteiger partial charge is 0.339 e. The second-order valence-electron chi connectivity index (χ2n) is 4.34. The van der Waals surface area contributed by atoms with Gasteiger partial charge in [-0.2, -0.15) is 0 Å². The van der Waals surface area contributed by atoms with Crippen LogP contribution in [0.25, 0.3) is 0 Å². The van der Waals surface area contributed by atoms with E-state index in [1.54, 1.807) is 0 Å². The molecule has 1 aromatic rings. The van der Waals surface area contributed by atoms with Crippen LogP contribution in [0.15, 0.2) is 6.20 Å². The molecule has 6 nitrogen and oxygen atoms in total. The molecule has 0 aliphatic carbocycles. The Morgan fingerprint density at radius 1 is 1.30 bits per heavy atom. The van der Waals surface area contributed by atoms with Crippen LogP contribution in [0.1, 0.15) is 35.0 Å². The summed E-state index contributed by atoms with van der Waals surface area (Å²) < 4.78 is 11.3. The molecule has 0 unspecified atom stereocenters. The summed E-state index contributed by atoms with van der Waals surface area (Å²) in [6.07, 6.45) is 3.05. The lowest BCUT2D eigenvalue weighted by Gasteiger charge is -2.09. The second kappa shape index (κ2) is 7.69. The lowest BCUT2D eigenvalue weighted by atomic mass is 10.1. The van der Waals surface area contributed by atoms with Crippen LogP contribution in [-0.4, -0.2) is 42.4 Å². The first kappa shape index (κ1) is 16.2. The number of ether oxygens (including phenoxy) is 2. The van der Waals surface area contributed by atoms with Gasteiger partial charge in [-0.1, -0.05) is 6.92 Å². The van der Waals surface area contributed by atoms with Gasteiger partial charge in [0.25, 0.3) is 0 Å². The highest BCUT2D eigenvalue weighted by Crippen LogP contribution is 2.21. The molecule has 1 rings (SSSR count). The lowest BCUT2D eigenvalue weighted by molar-refractivity contribution is -0.139. The van der Waals surface area contributed by atoms with Gasteiger partial charge in [-0.05, 0) is 18.4 Å². The maximum atomic E-state index is 11.9. The number of nitrogens with zero attached hydrogens (tertiary/aromatic N) is 1. The predicted octanol–water partition coefficient (Wildman–Crippen LogP) is 0.935. The van der Waals surface area contributed by atoms with Crippen molar-refractivity contribution >= 4 is 11.9 Å². The molecule has 20 heavy (non-hydrogen) atoms. The molecular weight excluding hydrogens is 262 g/mol. The predicted molar refractivity (Wildman–Crippen MR) is 72.6 cm³/mol. The summed E-state index contributed by atoms with van der Waals surface area (Å²) in [7, 11) is 2.62. The largest absolute Gasteiger partial charge is 0.469 e. The Hall–Kier alpha value is -1.82. The number of aryl methyl sites for hydroxylation is 2. The Bertz CT molecular complexity index is 478. The summed E-state index contributed by atoms with van der Waals surface area (Å²) in [6.45, 7) is 2.51. The molecule has 112 valence electrons. The van der Waals surface area contributed by atoms with Gasteiger partial charge in [0.05, 0.1) is 26.2 Å². The molecule has 0 radical (unpaired) electrons. The number of aromatic nitrogens is 1. The number of methoxy groups -OCH3 is 2.